The first kappa shape index (κ1) is 15.2. The molecule has 0 fully saturated rings. The van der Waals surface area contributed by atoms with E-state index in [1.54, 1.807) is 0 Å². The highest BCUT2D eigenvalue weighted by atomic mass is 16.4. The van der Waals surface area contributed by atoms with E-state index in [0.29, 0.717) is 13.1 Å². The first-order valence-electron chi connectivity index (χ1n) is 6.95. The second kappa shape index (κ2) is 7.57. The van der Waals surface area contributed by atoms with Crippen LogP contribution in [0.5, 0.6) is 0 Å². The zero-order chi connectivity index (χ0) is 15.1. The predicted molar refractivity (Wildman–Crippen MR) is 82.6 cm³/mol. The van der Waals surface area contributed by atoms with Gasteiger partial charge in [-0.2, -0.15) is 0 Å². The van der Waals surface area contributed by atoms with E-state index in [4.69, 9.17) is 5.73 Å². The average Bonchev–Trinajstić information content (AvgIpc) is 2.49. The summed E-state index contributed by atoms with van der Waals surface area (Å²) in [6.07, 6.45) is 0. The van der Waals surface area contributed by atoms with Crippen LogP contribution in [0.3, 0.4) is 0 Å². The van der Waals surface area contributed by atoms with Crippen molar-refractivity contribution in [3.63, 3.8) is 0 Å². The molecule has 1 unspecified atom stereocenters. The number of rotatable bonds is 7. The molecule has 0 aliphatic rings. The summed E-state index contributed by atoms with van der Waals surface area (Å²) in [5.41, 5.74) is 7.81. The molecule has 0 heterocycles. The summed E-state index contributed by atoms with van der Waals surface area (Å²) in [6, 6.07) is 19.0. The van der Waals surface area contributed by atoms with Gasteiger partial charge in [0.25, 0.3) is 0 Å². The predicted octanol–water partition coefficient (Wildman–Crippen LogP) is 2.10. The van der Waals surface area contributed by atoms with Crippen molar-refractivity contribution in [2.75, 3.05) is 6.54 Å². The maximum atomic E-state index is 11.4. The number of aliphatic carboxylic acids is 1. The third kappa shape index (κ3) is 4.41. The van der Waals surface area contributed by atoms with Gasteiger partial charge in [0.15, 0.2) is 0 Å². The number of nitrogens with zero attached hydrogens (tertiary/aromatic N) is 1. The molecule has 110 valence electrons. The fourth-order valence-corrected chi connectivity index (χ4v) is 2.32. The van der Waals surface area contributed by atoms with Gasteiger partial charge in [-0.15, -0.1) is 0 Å². The van der Waals surface area contributed by atoms with E-state index in [1.807, 2.05) is 65.6 Å². The van der Waals surface area contributed by atoms with Crippen molar-refractivity contribution in [2.45, 2.75) is 19.1 Å². The molecule has 0 bridgehead atoms. The van der Waals surface area contributed by atoms with Gasteiger partial charge in [-0.05, 0) is 11.1 Å². The maximum absolute atomic E-state index is 11.4. The quantitative estimate of drug-likeness (QED) is 0.817. The number of carboxylic acids is 1. The number of benzene rings is 2. The van der Waals surface area contributed by atoms with Gasteiger partial charge in [-0.25, -0.2) is 0 Å². The summed E-state index contributed by atoms with van der Waals surface area (Å²) in [6.45, 7) is 1.21. The van der Waals surface area contributed by atoms with E-state index >= 15 is 0 Å². The lowest BCUT2D eigenvalue weighted by Crippen LogP contribution is -2.45. The normalized spacial score (nSPS) is 12.3. The number of hydrogen-bond donors (Lipinski definition) is 2. The fraction of sp³-hybridized carbons (Fsp3) is 0.235. The summed E-state index contributed by atoms with van der Waals surface area (Å²) in [5, 5.41) is 9.38. The molecule has 4 heteroatoms. The molecule has 0 spiro atoms. The highest BCUT2D eigenvalue weighted by Gasteiger charge is 2.24. The van der Waals surface area contributed by atoms with Gasteiger partial charge in [0.2, 0.25) is 0 Å². The minimum absolute atomic E-state index is 0.0923. The van der Waals surface area contributed by atoms with Crippen LogP contribution in [0.1, 0.15) is 11.1 Å². The highest BCUT2D eigenvalue weighted by Crippen LogP contribution is 2.13. The van der Waals surface area contributed by atoms with Crippen molar-refractivity contribution in [2.24, 2.45) is 5.73 Å². The Morgan fingerprint density at radius 2 is 1.38 bits per heavy atom. The van der Waals surface area contributed by atoms with E-state index in [1.165, 1.54) is 0 Å². The van der Waals surface area contributed by atoms with Gasteiger partial charge in [-0.1, -0.05) is 60.7 Å². The molecular formula is C17H20N2O2. The SMILES string of the molecule is NCC(C(=O)O)N(Cc1ccccc1)Cc1ccccc1. The first-order valence-corrected chi connectivity index (χ1v) is 6.95. The van der Waals surface area contributed by atoms with Crippen molar-refractivity contribution in [3.8, 4) is 0 Å². The number of nitrogens with two attached hydrogens (primary N) is 1. The number of hydrogen-bond acceptors (Lipinski definition) is 3. The average molecular weight is 284 g/mol. The first-order chi connectivity index (χ1) is 10.2. The van der Waals surface area contributed by atoms with Gasteiger partial charge >= 0.3 is 5.97 Å². The van der Waals surface area contributed by atoms with Crippen LogP contribution in [0.2, 0.25) is 0 Å². The molecular weight excluding hydrogens is 264 g/mol. The monoisotopic (exact) mass is 284 g/mol. The van der Waals surface area contributed by atoms with E-state index < -0.39 is 12.0 Å². The van der Waals surface area contributed by atoms with Crippen molar-refractivity contribution in [1.29, 1.82) is 0 Å². The molecule has 0 aliphatic carbocycles. The number of carbonyl (C=O) groups is 1. The molecule has 0 amide bonds. The molecule has 0 aromatic heterocycles. The van der Waals surface area contributed by atoms with Crippen LogP contribution in [0.4, 0.5) is 0 Å². The Morgan fingerprint density at radius 3 is 1.71 bits per heavy atom. The van der Waals surface area contributed by atoms with E-state index in [2.05, 4.69) is 0 Å². The molecule has 3 N–H and O–H groups in total. The number of carboxylic acid groups (broad SMARTS) is 1. The third-order valence-electron chi connectivity index (χ3n) is 3.41. The Bertz CT molecular complexity index is 516. The van der Waals surface area contributed by atoms with Crippen molar-refractivity contribution in [1.82, 2.24) is 4.90 Å². The summed E-state index contributed by atoms with van der Waals surface area (Å²) >= 11 is 0. The van der Waals surface area contributed by atoms with Crippen molar-refractivity contribution >= 4 is 5.97 Å². The second-order valence-corrected chi connectivity index (χ2v) is 4.97. The molecule has 0 radical (unpaired) electrons. The molecule has 2 aromatic carbocycles. The Hall–Kier alpha value is -2.17. The molecule has 1 atom stereocenters. The summed E-state index contributed by atoms with van der Waals surface area (Å²) < 4.78 is 0. The van der Waals surface area contributed by atoms with Crippen LogP contribution >= 0.6 is 0 Å². The lowest BCUT2D eigenvalue weighted by atomic mass is 10.1. The van der Waals surface area contributed by atoms with E-state index in [-0.39, 0.29) is 6.54 Å². The van der Waals surface area contributed by atoms with Crippen LogP contribution in [-0.2, 0) is 17.9 Å². The minimum Gasteiger partial charge on any atom is -0.480 e. The summed E-state index contributed by atoms with van der Waals surface area (Å²) in [4.78, 5) is 13.3. The van der Waals surface area contributed by atoms with Crippen LogP contribution < -0.4 is 5.73 Å². The fourth-order valence-electron chi connectivity index (χ4n) is 2.32. The molecule has 21 heavy (non-hydrogen) atoms. The largest absolute Gasteiger partial charge is 0.480 e. The van der Waals surface area contributed by atoms with Crippen LogP contribution in [0, 0.1) is 0 Å². The topological polar surface area (TPSA) is 66.6 Å². The Balaban J connectivity index is 2.19. The van der Waals surface area contributed by atoms with E-state index in [9.17, 15) is 9.90 Å². The lowest BCUT2D eigenvalue weighted by molar-refractivity contribution is -0.143. The molecule has 0 saturated carbocycles. The van der Waals surface area contributed by atoms with Gasteiger partial charge in [0.05, 0.1) is 0 Å². The van der Waals surface area contributed by atoms with E-state index in [0.717, 1.165) is 11.1 Å². The molecule has 4 nitrogen and oxygen atoms in total. The van der Waals surface area contributed by atoms with Gasteiger partial charge in [0, 0.05) is 19.6 Å². The van der Waals surface area contributed by atoms with Crippen molar-refractivity contribution < 1.29 is 9.90 Å². The van der Waals surface area contributed by atoms with Gasteiger partial charge in [0.1, 0.15) is 6.04 Å². The summed E-state index contributed by atoms with van der Waals surface area (Å²) in [7, 11) is 0. The zero-order valence-corrected chi connectivity index (χ0v) is 11.9. The lowest BCUT2D eigenvalue weighted by Gasteiger charge is -2.28. The maximum Gasteiger partial charge on any atom is 0.322 e. The smallest absolute Gasteiger partial charge is 0.322 e. The van der Waals surface area contributed by atoms with Crippen molar-refractivity contribution in [3.05, 3.63) is 71.8 Å². The summed E-state index contributed by atoms with van der Waals surface area (Å²) in [5.74, 6) is -0.885. The second-order valence-electron chi connectivity index (χ2n) is 4.97. The van der Waals surface area contributed by atoms with Crippen LogP contribution in [0.25, 0.3) is 0 Å². The Kier molecular flexibility index (Phi) is 5.49. The van der Waals surface area contributed by atoms with Crippen LogP contribution in [-0.4, -0.2) is 28.6 Å². The van der Waals surface area contributed by atoms with Gasteiger partial charge in [-0.3, -0.25) is 9.69 Å². The minimum atomic E-state index is -0.885. The Morgan fingerprint density at radius 1 is 0.952 bits per heavy atom. The molecule has 0 saturated heterocycles. The van der Waals surface area contributed by atoms with Gasteiger partial charge < -0.3 is 10.8 Å². The third-order valence-corrected chi connectivity index (χ3v) is 3.41. The molecule has 2 rings (SSSR count). The molecule has 0 aliphatic heterocycles. The Labute approximate surface area is 124 Å². The highest BCUT2D eigenvalue weighted by molar-refractivity contribution is 5.73. The standard InChI is InChI=1S/C17H20N2O2/c18-11-16(17(20)21)19(12-14-7-3-1-4-8-14)13-15-9-5-2-6-10-15/h1-10,16H,11-13,18H2,(H,20,21). The zero-order valence-electron chi connectivity index (χ0n) is 11.9. The molecule has 2 aromatic rings. The van der Waals surface area contributed by atoms with Crippen LogP contribution in [0.15, 0.2) is 60.7 Å².